The number of aliphatic hydroxyl groups excluding tert-OH is 1. The second-order valence-corrected chi connectivity index (χ2v) is 5.91. The third-order valence-corrected chi connectivity index (χ3v) is 4.27. The zero-order valence-electron chi connectivity index (χ0n) is 11.6. The summed E-state index contributed by atoms with van der Waals surface area (Å²) in [6, 6.07) is 0.141. The van der Waals surface area contributed by atoms with Crippen LogP contribution in [0.4, 0.5) is 0 Å². The van der Waals surface area contributed by atoms with Crippen molar-refractivity contribution in [2.45, 2.75) is 46.1 Å². The molecule has 1 rings (SSSR count). The van der Waals surface area contributed by atoms with Crippen LogP contribution in [0.2, 0.25) is 0 Å². The molecule has 1 fully saturated rings. The van der Waals surface area contributed by atoms with Crippen LogP contribution in [0.5, 0.6) is 0 Å². The Kier molecular flexibility index (Phi) is 5.60. The Hall–Kier alpha value is -0.410. The van der Waals surface area contributed by atoms with Crippen molar-refractivity contribution in [1.82, 2.24) is 4.90 Å². The van der Waals surface area contributed by atoms with Crippen LogP contribution in [0, 0.1) is 17.8 Å². The first-order valence-electron chi connectivity index (χ1n) is 6.79. The molecule has 0 radical (unpaired) electrons. The molecule has 3 unspecified atom stereocenters. The predicted molar refractivity (Wildman–Crippen MR) is 69.9 cm³/mol. The van der Waals surface area contributed by atoms with Crippen LogP contribution in [-0.2, 0) is 4.79 Å². The van der Waals surface area contributed by atoms with E-state index in [9.17, 15) is 4.79 Å². The lowest BCUT2D eigenvalue weighted by atomic mass is 9.75. The molecule has 17 heavy (non-hydrogen) atoms. The summed E-state index contributed by atoms with van der Waals surface area (Å²) in [5.41, 5.74) is 0. The number of likely N-dealkylation sites (N-methyl/N-ethyl adjacent to an activating group) is 1. The molecule has 0 aromatic rings. The summed E-state index contributed by atoms with van der Waals surface area (Å²) in [6.45, 7) is 7.44. The molecule has 0 amide bonds. The van der Waals surface area contributed by atoms with Gasteiger partial charge in [0.05, 0.1) is 6.61 Å². The van der Waals surface area contributed by atoms with Crippen LogP contribution >= 0.6 is 0 Å². The predicted octanol–water partition coefficient (Wildman–Crippen LogP) is 1.94. The van der Waals surface area contributed by atoms with Gasteiger partial charge in [-0.2, -0.15) is 0 Å². The summed E-state index contributed by atoms with van der Waals surface area (Å²) in [7, 11) is 1.99. The maximum Gasteiger partial charge on any atom is 0.137 e. The van der Waals surface area contributed by atoms with Gasteiger partial charge < -0.3 is 10.0 Å². The molecular weight excluding hydrogens is 214 g/mol. The molecule has 0 heterocycles. The van der Waals surface area contributed by atoms with Crippen LogP contribution < -0.4 is 0 Å². The van der Waals surface area contributed by atoms with E-state index in [4.69, 9.17) is 5.11 Å². The molecule has 3 atom stereocenters. The van der Waals surface area contributed by atoms with Crippen molar-refractivity contribution in [2.75, 3.05) is 20.2 Å². The largest absolute Gasteiger partial charge is 0.395 e. The normalized spacial score (nSPS) is 27.8. The minimum absolute atomic E-state index is 0.141. The average Bonchev–Trinajstić information content (AvgIpc) is 2.30. The Balaban J connectivity index is 2.53. The van der Waals surface area contributed by atoms with E-state index in [1.165, 1.54) is 0 Å². The maximum absolute atomic E-state index is 11.9. The molecule has 1 aliphatic rings. The maximum atomic E-state index is 11.9. The van der Waals surface area contributed by atoms with Gasteiger partial charge in [-0.15, -0.1) is 0 Å². The summed E-state index contributed by atoms with van der Waals surface area (Å²) >= 11 is 0. The van der Waals surface area contributed by atoms with E-state index in [1.807, 2.05) is 14.0 Å². The van der Waals surface area contributed by atoms with Crippen molar-refractivity contribution in [3.63, 3.8) is 0 Å². The lowest BCUT2D eigenvalue weighted by molar-refractivity contribution is -0.126. The SMILES string of the molecule is CC(C)C1CCC(=O)C(CN(C)C(C)CO)C1. The van der Waals surface area contributed by atoms with E-state index in [0.717, 1.165) is 25.8 Å². The molecule has 1 saturated carbocycles. The Morgan fingerprint density at radius 1 is 1.41 bits per heavy atom. The molecule has 0 saturated heterocycles. The second kappa shape index (κ2) is 6.50. The third-order valence-electron chi connectivity index (χ3n) is 4.27. The molecule has 1 aliphatic carbocycles. The van der Waals surface area contributed by atoms with Gasteiger partial charge in [-0.05, 0) is 38.6 Å². The van der Waals surface area contributed by atoms with Crippen molar-refractivity contribution in [2.24, 2.45) is 17.8 Å². The summed E-state index contributed by atoms with van der Waals surface area (Å²) in [5, 5.41) is 9.11. The van der Waals surface area contributed by atoms with Crippen molar-refractivity contribution in [1.29, 1.82) is 0 Å². The average molecular weight is 241 g/mol. The number of rotatable bonds is 5. The molecule has 3 heteroatoms. The van der Waals surface area contributed by atoms with E-state index in [1.54, 1.807) is 0 Å². The third kappa shape index (κ3) is 4.07. The van der Waals surface area contributed by atoms with Crippen molar-refractivity contribution in [3.8, 4) is 0 Å². The van der Waals surface area contributed by atoms with Crippen LogP contribution in [0.25, 0.3) is 0 Å². The molecule has 0 aliphatic heterocycles. The Morgan fingerprint density at radius 3 is 2.59 bits per heavy atom. The monoisotopic (exact) mass is 241 g/mol. The van der Waals surface area contributed by atoms with E-state index >= 15 is 0 Å². The minimum Gasteiger partial charge on any atom is -0.395 e. The van der Waals surface area contributed by atoms with E-state index in [2.05, 4.69) is 18.7 Å². The molecule has 100 valence electrons. The molecule has 0 bridgehead atoms. The first-order chi connectivity index (χ1) is 7.95. The molecule has 3 nitrogen and oxygen atoms in total. The lowest BCUT2D eigenvalue weighted by Gasteiger charge is -2.34. The standard InChI is InChI=1S/C14H27NO2/c1-10(2)12-5-6-14(17)13(7-12)8-15(4)11(3)9-16/h10-13,16H,5-9H2,1-4H3. The number of carbonyl (C=O) groups excluding carboxylic acids is 1. The highest BCUT2D eigenvalue weighted by molar-refractivity contribution is 5.82. The first kappa shape index (κ1) is 14.7. The van der Waals surface area contributed by atoms with Crippen molar-refractivity contribution in [3.05, 3.63) is 0 Å². The highest BCUT2D eigenvalue weighted by atomic mass is 16.3. The smallest absolute Gasteiger partial charge is 0.137 e. The van der Waals surface area contributed by atoms with Gasteiger partial charge in [-0.25, -0.2) is 0 Å². The number of carbonyl (C=O) groups is 1. The molecule has 1 N–H and O–H groups in total. The second-order valence-electron chi connectivity index (χ2n) is 5.91. The number of nitrogens with zero attached hydrogens (tertiary/aromatic N) is 1. The molecule has 0 spiro atoms. The molecule has 0 aromatic heterocycles. The Labute approximate surface area is 105 Å². The van der Waals surface area contributed by atoms with Gasteiger partial charge in [0.2, 0.25) is 0 Å². The zero-order valence-corrected chi connectivity index (χ0v) is 11.6. The Bertz CT molecular complexity index is 253. The first-order valence-corrected chi connectivity index (χ1v) is 6.79. The van der Waals surface area contributed by atoms with Crippen LogP contribution in [0.3, 0.4) is 0 Å². The highest BCUT2D eigenvalue weighted by Gasteiger charge is 2.31. The fourth-order valence-corrected chi connectivity index (χ4v) is 2.60. The quantitative estimate of drug-likeness (QED) is 0.799. The summed E-state index contributed by atoms with van der Waals surface area (Å²) < 4.78 is 0. The van der Waals surface area contributed by atoms with Gasteiger partial charge in [-0.3, -0.25) is 4.79 Å². The summed E-state index contributed by atoms with van der Waals surface area (Å²) in [6.07, 6.45) is 2.83. The zero-order chi connectivity index (χ0) is 13.0. The topological polar surface area (TPSA) is 40.5 Å². The van der Waals surface area contributed by atoms with Gasteiger partial charge in [0.25, 0.3) is 0 Å². The molecular formula is C14H27NO2. The highest BCUT2D eigenvalue weighted by Crippen LogP contribution is 2.32. The summed E-state index contributed by atoms with van der Waals surface area (Å²) in [4.78, 5) is 14.0. The van der Waals surface area contributed by atoms with Crippen LogP contribution in [0.15, 0.2) is 0 Å². The lowest BCUT2D eigenvalue weighted by Crippen LogP contribution is -2.40. The van der Waals surface area contributed by atoms with E-state index < -0.39 is 0 Å². The van der Waals surface area contributed by atoms with E-state index in [0.29, 0.717) is 17.6 Å². The Morgan fingerprint density at radius 2 is 2.06 bits per heavy atom. The van der Waals surface area contributed by atoms with Gasteiger partial charge >= 0.3 is 0 Å². The van der Waals surface area contributed by atoms with Gasteiger partial charge in [-0.1, -0.05) is 13.8 Å². The van der Waals surface area contributed by atoms with Gasteiger partial charge in [0.1, 0.15) is 5.78 Å². The van der Waals surface area contributed by atoms with Crippen molar-refractivity contribution >= 4 is 5.78 Å². The van der Waals surface area contributed by atoms with Crippen molar-refractivity contribution < 1.29 is 9.90 Å². The minimum atomic E-state index is 0.141. The van der Waals surface area contributed by atoms with Gasteiger partial charge in [0.15, 0.2) is 0 Å². The fourth-order valence-electron chi connectivity index (χ4n) is 2.60. The number of aliphatic hydroxyl groups is 1. The number of ketones is 1. The van der Waals surface area contributed by atoms with E-state index in [-0.39, 0.29) is 18.6 Å². The van der Waals surface area contributed by atoms with Crippen LogP contribution in [0.1, 0.15) is 40.0 Å². The fraction of sp³-hybridized carbons (Fsp3) is 0.929. The number of hydrogen-bond donors (Lipinski definition) is 1. The number of hydrogen-bond acceptors (Lipinski definition) is 3. The number of Topliss-reactive ketones (excluding diaryl/α,β-unsaturated/α-hetero) is 1. The molecule has 0 aromatic carbocycles. The summed E-state index contributed by atoms with van der Waals surface area (Å²) in [5.74, 6) is 1.95. The van der Waals surface area contributed by atoms with Gasteiger partial charge in [0, 0.05) is 24.9 Å². The van der Waals surface area contributed by atoms with Crippen LogP contribution in [-0.4, -0.2) is 42.0 Å².